The van der Waals surface area contributed by atoms with Crippen molar-refractivity contribution in [1.82, 2.24) is 9.88 Å². The van der Waals surface area contributed by atoms with E-state index in [1.807, 2.05) is 0 Å². The number of amides is 1. The van der Waals surface area contributed by atoms with Gasteiger partial charge in [0.05, 0.1) is 17.2 Å². The topological polar surface area (TPSA) is 97.6 Å². The van der Waals surface area contributed by atoms with E-state index in [9.17, 15) is 14.9 Å². The molecule has 0 radical (unpaired) electrons. The second-order valence-electron chi connectivity index (χ2n) is 5.62. The summed E-state index contributed by atoms with van der Waals surface area (Å²) in [6, 6.07) is 6.62. The van der Waals surface area contributed by atoms with Crippen LogP contribution in [-0.2, 0) is 24.2 Å². The molecular formula is C16H18N4O4S. The fraction of sp³-hybridized carbons (Fsp3) is 0.375. The first-order chi connectivity index (χ1) is 12.0. The fourth-order valence-corrected chi connectivity index (χ4v) is 3.71. The lowest BCUT2D eigenvalue weighted by atomic mass is 10.1. The van der Waals surface area contributed by atoms with Crippen molar-refractivity contribution in [1.29, 1.82) is 0 Å². The van der Waals surface area contributed by atoms with Gasteiger partial charge in [-0.05, 0) is 12.5 Å². The number of benzene rings is 1. The van der Waals surface area contributed by atoms with Gasteiger partial charge in [-0.1, -0.05) is 23.5 Å². The minimum atomic E-state index is -0.490. The van der Waals surface area contributed by atoms with E-state index in [1.54, 1.807) is 19.1 Å². The molecule has 0 aliphatic carbocycles. The number of nitrogens with zero attached hydrogens (tertiary/aromatic N) is 3. The second kappa shape index (κ2) is 7.58. The number of fused-ring (bicyclic) bond motifs is 1. The molecule has 0 fully saturated rings. The molecule has 1 aromatic heterocycles. The Morgan fingerprint density at radius 2 is 2.20 bits per heavy atom. The Bertz CT molecular complexity index is 775. The Labute approximate surface area is 148 Å². The van der Waals surface area contributed by atoms with Crippen LogP contribution in [0.3, 0.4) is 0 Å². The minimum absolute atomic E-state index is 0.0989. The number of carbonyl (C=O) groups is 1. The summed E-state index contributed by atoms with van der Waals surface area (Å²) >= 11 is 1.46. The summed E-state index contributed by atoms with van der Waals surface area (Å²) in [5.74, 6) is 0. The number of thiazole rings is 1. The van der Waals surface area contributed by atoms with Crippen LogP contribution in [0, 0.1) is 10.1 Å². The molecule has 0 saturated heterocycles. The molecule has 9 heteroatoms. The summed E-state index contributed by atoms with van der Waals surface area (Å²) in [7, 11) is 0. The van der Waals surface area contributed by atoms with Gasteiger partial charge in [0.2, 0.25) is 0 Å². The van der Waals surface area contributed by atoms with E-state index in [4.69, 9.17) is 4.74 Å². The van der Waals surface area contributed by atoms with Crippen molar-refractivity contribution in [2.75, 3.05) is 18.5 Å². The third-order valence-corrected chi connectivity index (χ3v) is 4.85. The average Bonchev–Trinajstić information content (AvgIpc) is 2.97. The van der Waals surface area contributed by atoms with Crippen molar-refractivity contribution in [2.24, 2.45) is 0 Å². The maximum atomic E-state index is 11.5. The number of rotatable bonds is 5. The number of non-ortho nitro benzene ring substituents is 1. The molecule has 1 amide bonds. The van der Waals surface area contributed by atoms with Gasteiger partial charge in [-0.2, -0.15) is 0 Å². The third kappa shape index (κ3) is 4.31. The largest absolute Gasteiger partial charge is 0.450 e. The molecule has 2 heterocycles. The quantitative estimate of drug-likeness (QED) is 0.648. The lowest BCUT2D eigenvalue weighted by Crippen LogP contribution is -2.29. The molecular weight excluding hydrogens is 344 g/mol. The Balaban J connectivity index is 1.62. The van der Waals surface area contributed by atoms with Crippen LogP contribution in [0.5, 0.6) is 0 Å². The van der Waals surface area contributed by atoms with E-state index >= 15 is 0 Å². The van der Waals surface area contributed by atoms with Crippen LogP contribution in [0.4, 0.5) is 15.6 Å². The molecule has 0 spiro atoms. The smallest absolute Gasteiger partial charge is 0.413 e. The summed E-state index contributed by atoms with van der Waals surface area (Å²) in [5.41, 5.74) is 2.14. The van der Waals surface area contributed by atoms with Gasteiger partial charge in [0.1, 0.15) is 0 Å². The van der Waals surface area contributed by atoms with Gasteiger partial charge in [0, 0.05) is 43.1 Å². The number of nitro groups is 1. The normalized spacial score (nSPS) is 14.0. The van der Waals surface area contributed by atoms with Crippen LogP contribution in [0.2, 0.25) is 0 Å². The standard InChI is InChI=1S/C16H18N4O4S/c1-2-24-16(21)18-15-17-13-7-8-19(10-14(13)25-15)9-11-3-5-12(6-4-11)20(22)23/h3-6H,2,7-10H2,1H3,(H,17,18,21). The molecule has 8 nitrogen and oxygen atoms in total. The first kappa shape index (κ1) is 17.3. The summed E-state index contributed by atoms with van der Waals surface area (Å²) in [6.07, 6.45) is 0.319. The van der Waals surface area contributed by atoms with E-state index in [0.717, 1.165) is 42.2 Å². The van der Waals surface area contributed by atoms with Gasteiger partial charge in [0.25, 0.3) is 5.69 Å². The highest BCUT2D eigenvalue weighted by molar-refractivity contribution is 7.15. The molecule has 3 rings (SSSR count). The number of nitrogens with one attached hydrogen (secondary N) is 1. The highest BCUT2D eigenvalue weighted by atomic mass is 32.1. The first-order valence-electron chi connectivity index (χ1n) is 7.93. The van der Waals surface area contributed by atoms with Crippen LogP contribution >= 0.6 is 11.3 Å². The summed E-state index contributed by atoms with van der Waals surface area (Å²) < 4.78 is 4.86. The molecule has 1 aliphatic heterocycles. The van der Waals surface area contributed by atoms with Gasteiger partial charge < -0.3 is 4.74 Å². The van der Waals surface area contributed by atoms with E-state index in [-0.39, 0.29) is 5.69 Å². The Morgan fingerprint density at radius 1 is 1.44 bits per heavy atom. The predicted molar refractivity (Wildman–Crippen MR) is 93.7 cm³/mol. The van der Waals surface area contributed by atoms with Crippen LogP contribution in [0.15, 0.2) is 24.3 Å². The van der Waals surface area contributed by atoms with E-state index in [1.165, 1.54) is 23.5 Å². The Kier molecular flexibility index (Phi) is 5.25. The summed E-state index contributed by atoms with van der Waals surface area (Å²) in [4.78, 5) is 29.6. The number of anilines is 1. The Morgan fingerprint density at radius 3 is 2.88 bits per heavy atom. The van der Waals surface area contributed by atoms with Gasteiger partial charge >= 0.3 is 6.09 Å². The zero-order chi connectivity index (χ0) is 17.8. The van der Waals surface area contributed by atoms with Gasteiger partial charge in [-0.25, -0.2) is 9.78 Å². The van der Waals surface area contributed by atoms with Crippen LogP contribution < -0.4 is 5.32 Å². The van der Waals surface area contributed by atoms with E-state index < -0.39 is 11.0 Å². The second-order valence-corrected chi connectivity index (χ2v) is 6.70. The van der Waals surface area contributed by atoms with Crippen LogP contribution in [-0.4, -0.2) is 34.1 Å². The zero-order valence-electron chi connectivity index (χ0n) is 13.7. The molecule has 0 bridgehead atoms. The highest BCUT2D eigenvalue weighted by Gasteiger charge is 2.21. The van der Waals surface area contributed by atoms with Crippen LogP contribution in [0.1, 0.15) is 23.1 Å². The zero-order valence-corrected chi connectivity index (χ0v) is 14.5. The molecule has 25 heavy (non-hydrogen) atoms. The minimum Gasteiger partial charge on any atom is -0.450 e. The summed E-state index contributed by atoms with van der Waals surface area (Å²) in [5, 5.41) is 13.9. The molecule has 1 aliphatic rings. The predicted octanol–water partition coefficient (Wildman–Crippen LogP) is 3.18. The maximum Gasteiger partial charge on any atom is 0.413 e. The molecule has 0 atom stereocenters. The van der Waals surface area contributed by atoms with E-state index in [2.05, 4.69) is 15.2 Å². The molecule has 0 unspecified atom stereocenters. The molecule has 0 saturated carbocycles. The van der Waals surface area contributed by atoms with Crippen LogP contribution in [0.25, 0.3) is 0 Å². The number of hydrogen-bond donors (Lipinski definition) is 1. The molecule has 1 aromatic carbocycles. The number of nitro benzene ring substituents is 1. The van der Waals surface area contributed by atoms with Gasteiger partial charge in [-0.15, -0.1) is 0 Å². The number of carbonyl (C=O) groups excluding carboxylic acids is 1. The average molecular weight is 362 g/mol. The molecule has 132 valence electrons. The fourth-order valence-electron chi connectivity index (χ4n) is 2.67. The van der Waals surface area contributed by atoms with Crippen molar-refractivity contribution in [3.63, 3.8) is 0 Å². The van der Waals surface area contributed by atoms with Crippen molar-refractivity contribution >= 4 is 28.2 Å². The highest BCUT2D eigenvalue weighted by Crippen LogP contribution is 2.29. The van der Waals surface area contributed by atoms with Crippen molar-refractivity contribution < 1.29 is 14.5 Å². The van der Waals surface area contributed by atoms with E-state index in [0.29, 0.717) is 11.7 Å². The SMILES string of the molecule is CCOC(=O)Nc1nc2c(s1)CN(Cc1ccc([N+](=O)[O-])cc1)CC2. The van der Waals surface area contributed by atoms with Crippen molar-refractivity contribution in [3.05, 3.63) is 50.5 Å². The number of hydrogen-bond acceptors (Lipinski definition) is 7. The summed E-state index contributed by atoms with van der Waals surface area (Å²) in [6.45, 7) is 4.39. The Hall–Kier alpha value is -2.52. The monoisotopic (exact) mass is 362 g/mol. The first-order valence-corrected chi connectivity index (χ1v) is 8.75. The number of ether oxygens (including phenoxy) is 1. The molecule has 2 aromatic rings. The third-order valence-electron chi connectivity index (χ3n) is 3.85. The lowest BCUT2D eigenvalue weighted by molar-refractivity contribution is -0.384. The lowest BCUT2D eigenvalue weighted by Gasteiger charge is -2.25. The van der Waals surface area contributed by atoms with Gasteiger partial charge in [0.15, 0.2) is 5.13 Å². The molecule has 1 N–H and O–H groups in total. The van der Waals surface area contributed by atoms with Crippen molar-refractivity contribution in [2.45, 2.75) is 26.4 Å². The number of aromatic nitrogens is 1. The van der Waals surface area contributed by atoms with Gasteiger partial charge in [-0.3, -0.25) is 20.3 Å². The maximum absolute atomic E-state index is 11.5. The van der Waals surface area contributed by atoms with Crippen molar-refractivity contribution in [3.8, 4) is 0 Å².